The van der Waals surface area contributed by atoms with Gasteiger partial charge in [0.25, 0.3) is 0 Å². The number of alkyl halides is 1. The highest BCUT2D eigenvalue weighted by atomic mass is 79.9. The first kappa shape index (κ1) is 16.3. The van der Waals surface area contributed by atoms with Crippen LogP contribution in [0.1, 0.15) is 16.5 Å². The van der Waals surface area contributed by atoms with Gasteiger partial charge in [0.1, 0.15) is 11.6 Å². The van der Waals surface area contributed by atoms with Crippen molar-refractivity contribution in [3.63, 3.8) is 0 Å². The SMILES string of the molecule is COc1cc(F)c(Br)cc1C(Cl)c1cc(Br)ccc1Br. The van der Waals surface area contributed by atoms with E-state index in [9.17, 15) is 4.39 Å². The fourth-order valence-electron chi connectivity index (χ4n) is 1.80. The second kappa shape index (κ2) is 6.77. The molecule has 1 atom stereocenters. The van der Waals surface area contributed by atoms with Gasteiger partial charge in [0, 0.05) is 20.6 Å². The second-order valence-corrected chi connectivity index (χ2v) is 7.10. The van der Waals surface area contributed by atoms with Gasteiger partial charge >= 0.3 is 0 Å². The zero-order chi connectivity index (χ0) is 14.9. The van der Waals surface area contributed by atoms with Crippen LogP contribution < -0.4 is 4.74 Å². The van der Waals surface area contributed by atoms with E-state index in [4.69, 9.17) is 16.3 Å². The van der Waals surface area contributed by atoms with E-state index in [1.807, 2.05) is 18.2 Å². The maximum atomic E-state index is 13.6. The molecule has 0 saturated heterocycles. The maximum Gasteiger partial charge on any atom is 0.141 e. The van der Waals surface area contributed by atoms with Gasteiger partial charge in [-0.2, -0.15) is 0 Å². The van der Waals surface area contributed by atoms with Crippen molar-refractivity contribution in [1.29, 1.82) is 0 Å². The molecule has 0 amide bonds. The Kier molecular flexibility index (Phi) is 5.51. The molecule has 0 aliphatic carbocycles. The van der Waals surface area contributed by atoms with Gasteiger partial charge < -0.3 is 4.74 Å². The van der Waals surface area contributed by atoms with Crippen LogP contribution in [0.5, 0.6) is 5.75 Å². The molecule has 0 N–H and O–H groups in total. The Hall–Kier alpha value is -0.100. The van der Waals surface area contributed by atoms with Gasteiger partial charge in [-0.05, 0) is 45.8 Å². The Morgan fingerprint density at radius 3 is 2.40 bits per heavy atom. The van der Waals surface area contributed by atoms with E-state index in [2.05, 4.69) is 47.8 Å². The molecule has 0 heterocycles. The van der Waals surface area contributed by atoms with Gasteiger partial charge in [-0.15, -0.1) is 11.6 Å². The van der Waals surface area contributed by atoms with Crippen molar-refractivity contribution in [1.82, 2.24) is 0 Å². The minimum Gasteiger partial charge on any atom is -0.496 e. The highest BCUT2D eigenvalue weighted by Gasteiger charge is 2.20. The first-order chi connectivity index (χ1) is 9.43. The zero-order valence-corrected chi connectivity index (χ0v) is 15.8. The maximum absolute atomic E-state index is 13.6. The topological polar surface area (TPSA) is 9.23 Å². The van der Waals surface area contributed by atoms with Crippen LogP contribution in [0.4, 0.5) is 4.39 Å². The fourth-order valence-corrected chi connectivity index (χ4v) is 3.49. The van der Waals surface area contributed by atoms with E-state index < -0.39 is 5.38 Å². The van der Waals surface area contributed by atoms with Crippen LogP contribution >= 0.6 is 59.4 Å². The van der Waals surface area contributed by atoms with Crippen molar-refractivity contribution < 1.29 is 9.13 Å². The molecule has 0 bridgehead atoms. The van der Waals surface area contributed by atoms with Crippen LogP contribution in [-0.2, 0) is 0 Å². The molecule has 2 rings (SSSR count). The molecule has 0 saturated carbocycles. The molecule has 0 aliphatic rings. The third kappa shape index (κ3) is 3.38. The second-order valence-electron chi connectivity index (χ2n) is 4.04. The van der Waals surface area contributed by atoms with Crippen LogP contribution in [0, 0.1) is 5.82 Å². The van der Waals surface area contributed by atoms with Gasteiger partial charge in [-0.25, -0.2) is 4.39 Å². The van der Waals surface area contributed by atoms with Crippen LogP contribution in [0.2, 0.25) is 0 Å². The number of hydrogen-bond donors (Lipinski definition) is 0. The Labute approximate surface area is 146 Å². The summed E-state index contributed by atoms with van der Waals surface area (Å²) < 4.78 is 20.9. The van der Waals surface area contributed by atoms with Gasteiger partial charge in [0.15, 0.2) is 0 Å². The van der Waals surface area contributed by atoms with Gasteiger partial charge in [0.2, 0.25) is 0 Å². The molecule has 0 aliphatic heterocycles. The third-order valence-electron chi connectivity index (χ3n) is 2.78. The molecule has 1 unspecified atom stereocenters. The van der Waals surface area contributed by atoms with E-state index in [1.54, 1.807) is 6.07 Å². The molecule has 0 radical (unpaired) electrons. The Bertz CT molecular complexity index is 649. The molecule has 6 heteroatoms. The molecule has 0 spiro atoms. The smallest absolute Gasteiger partial charge is 0.141 e. The van der Waals surface area contributed by atoms with Crippen LogP contribution in [0.15, 0.2) is 43.7 Å². The van der Waals surface area contributed by atoms with Crippen molar-refractivity contribution in [3.8, 4) is 5.75 Å². The standard InChI is InChI=1S/C14H9Br3ClFO/c1-20-13-6-12(19)11(17)5-9(13)14(18)8-4-7(15)2-3-10(8)16/h2-6,14H,1H3. The minimum atomic E-state index is -0.464. The predicted molar refractivity (Wildman–Crippen MR) is 90.2 cm³/mol. The first-order valence-corrected chi connectivity index (χ1v) is 8.37. The quantitative estimate of drug-likeness (QED) is 0.453. The summed E-state index contributed by atoms with van der Waals surface area (Å²) in [7, 11) is 1.49. The summed E-state index contributed by atoms with van der Waals surface area (Å²) in [5.41, 5.74) is 1.57. The number of benzene rings is 2. The number of methoxy groups -OCH3 is 1. The molecule has 1 nitrogen and oxygen atoms in total. The van der Waals surface area contributed by atoms with E-state index in [0.717, 1.165) is 14.5 Å². The molecule has 0 fully saturated rings. The Morgan fingerprint density at radius 1 is 1.05 bits per heavy atom. The lowest BCUT2D eigenvalue weighted by Gasteiger charge is -2.17. The van der Waals surface area contributed by atoms with E-state index >= 15 is 0 Å². The number of ether oxygens (including phenoxy) is 1. The summed E-state index contributed by atoms with van der Waals surface area (Å²) in [5, 5.41) is -0.464. The highest BCUT2D eigenvalue weighted by Crippen LogP contribution is 2.41. The summed E-state index contributed by atoms with van der Waals surface area (Å²) in [6.07, 6.45) is 0. The summed E-state index contributed by atoms with van der Waals surface area (Å²) in [5.74, 6) is 0.0281. The molecule has 106 valence electrons. The summed E-state index contributed by atoms with van der Waals surface area (Å²) in [4.78, 5) is 0. The summed E-state index contributed by atoms with van der Waals surface area (Å²) >= 11 is 16.6. The Morgan fingerprint density at radius 2 is 1.75 bits per heavy atom. The van der Waals surface area contributed by atoms with E-state index in [1.165, 1.54) is 13.2 Å². The van der Waals surface area contributed by atoms with Gasteiger partial charge in [-0.3, -0.25) is 0 Å². The van der Waals surface area contributed by atoms with Crippen molar-refractivity contribution in [2.45, 2.75) is 5.38 Å². The lowest BCUT2D eigenvalue weighted by molar-refractivity contribution is 0.406. The zero-order valence-electron chi connectivity index (χ0n) is 10.3. The van der Waals surface area contributed by atoms with Crippen molar-refractivity contribution in [2.24, 2.45) is 0 Å². The predicted octanol–water partition coefficient (Wildman–Crippen LogP) is 6.45. The fraction of sp³-hybridized carbons (Fsp3) is 0.143. The molecular weight excluding hydrogens is 478 g/mol. The summed E-state index contributed by atoms with van der Waals surface area (Å²) in [6.45, 7) is 0. The monoisotopic (exact) mass is 484 g/mol. The van der Waals surface area contributed by atoms with Crippen LogP contribution in [0.3, 0.4) is 0 Å². The van der Waals surface area contributed by atoms with Gasteiger partial charge in [-0.1, -0.05) is 31.9 Å². The molecular formula is C14H9Br3ClFO. The summed E-state index contributed by atoms with van der Waals surface area (Å²) in [6, 6.07) is 8.69. The van der Waals surface area contributed by atoms with Crippen molar-refractivity contribution in [3.05, 3.63) is 60.7 Å². The third-order valence-corrected chi connectivity index (χ3v) is 5.07. The average Bonchev–Trinajstić information content (AvgIpc) is 2.43. The Balaban J connectivity index is 2.55. The molecule has 2 aromatic rings. The van der Waals surface area contributed by atoms with E-state index in [-0.39, 0.29) is 5.82 Å². The number of hydrogen-bond acceptors (Lipinski definition) is 1. The van der Waals surface area contributed by atoms with Crippen LogP contribution in [-0.4, -0.2) is 7.11 Å². The average molecular weight is 487 g/mol. The van der Waals surface area contributed by atoms with Crippen LogP contribution in [0.25, 0.3) is 0 Å². The number of rotatable bonds is 3. The minimum absolute atomic E-state index is 0.352. The normalized spacial score (nSPS) is 12.3. The van der Waals surface area contributed by atoms with E-state index in [0.29, 0.717) is 15.8 Å². The lowest BCUT2D eigenvalue weighted by atomic mass is 10.0. The largest absolute Gasteiger partial charge is 0.496 e. The van der Waals surface area contributed by atoms with Crippen molar-refractivity contribution in [2.75, 3.05) is 7.11 Å². The molecule has 2 aromatic carbocycles. The highest BCUT2D eigenvalue weighted by molar-refractivity contribution is 9.11. The van der Waals surface area contributed by atoms with Crippen molar-refractivity contribution >= 4 is 59.4 Å². The first-order valence-electron chi connectivity index (χ1n) is 5.56. The molecule has 20 heavy (non-hydrogen) atoms. The van der Waals surface area contributed by atoms with Gasteiger partial charge in [0.05, 0.1) is 17.0 Å². The lowest BCUT2D eigenvalue weighted by Crippen LogP contribution is -2.00. The number of halogens is 5. The molecule has 0 aromatic heterocycles.